The Kier molecular flexibility index (Phi) is 8.84. The smallest absolute Gasteiger partial charge is 0.0754 e. The molecule has 1 aromatic heterocycles. The number of nitrogens with zero attached hydrogens (tertiary/aromatic N) is 2. The third-order valence-corrected chi connectivity index (χ3v) is 14.8. The molecule has 2 aliphatic rings. The Labute approximate surface area is 402 Å². The molecule has 0 saturated heterocycles. The van der Waals surface area contributed by atoms with Gasteiger partial charge in [-0.25, -0.2) is 0 Å². The van der Waals surface area contributed by atoms with Gasteiger partial charge in [0.1, 0.15) is 0 Å². The third kappa shape index (κ3) is 5.86. The summed E-state index contributed by atoms with van der Waals surface area (Å²) in [6, 6.07) is 98.6. The third-order valence-electron chi connectivity index (χ3n) is 14.8. The first kappa shape index (κ1) is 39.2. The van der Waals surface area contributed by atoms with Gasteiger partial charge in [-0.1, -0.05) is 224 Å². The van der Waals surface area contributed by atoms with E-state index in [0.717, 1.165) is 33.8 Å². The van der Waals surface area contributed by atoms with E-state index in [1.807, 2.05) is 0 Å². The van der Waals surface area contributed by atoms with E-state index in [1.54, 1.807) is 0 Å². The number of aromatic nitrogens is 1. The Balaban J connectivity index is 0.991. The number of fused-ring (bicyclic) bond motifs is 12. The van der Waals surface area contributed by atoms with Crippen molar-refractivity contribution in [2.24, 2.45) is 0 Å². The summed E-state index contributed by atoms with van der Waals surface area (Å²) in [5.74, 6) is 0. The van der Waals surface area contributed by atoms with Gasteiger partial charge in [0, 0.05) is 27.6 Å². The van der Waals surface area contributed by atoms with Crippen molar-refractivity contribution in [3.8, 4) is 61.3 Å². The van der Waals surface area contributed by atoms with Crippen LogP contribution in [-0.4, -0.2) is 4.57 Å². The molecule has 0 radical (unpaired) electrons. The van der Waals surface area contributed by atoms with E-state index >= 15 is 0 Å². The van der Waals surface area contributed by atoms with Crippen molar-refractivity contribution >= 4 is 38.9 Å². The second-order valence-corrected chi connectivity index (χ2v) is 18.4. The highest BCUT2D eigenvalue weighted by molar-refractivity contribution is 6.13. The van der Waals surface area contributed by atoms with Gasteiger partial charge in [-0.15, -0.1) is 0 Å². The molecule has 1 unspecified atom stereocenters. The molecular formula is C67H44N2. The van der Waals surface area contributed by atoms with Crippen LogP contribution in [0.15, 0.2) is 267 Å². The van der Waals surface area contributed by atoms with Crippen molar-refractivity contribution in [1.29, 1.82) is 0 Å². The summed E-state index contributed by atoms with van der Waals surface area (Å²) in [5.41, 5.74) is 23.8. The Morgan fingerprint density at radius 2 is 0.768 bits per heavy atom. The van der Waals surface area contributed by atoms with Crippen LogP contribution in [0.4, 0.5) is 17.1 Å². The van der Waals surface area contributed by atoms with Crippen molar-refractivity contribution in [2.75, 3.05) is 4.90 Å². The van der Waals surface area contributed by atoms with Gasteiger partial charge in [-0.3, -0.25) is 0 Å². The highest BCUT2D eigenvalue weighted by atomic mass is 15.1. The predicted molar refractivity (Wildman–Crippen MR) is 288 cm³/mol. The molecule has 0 N–H and O–H groups in total. The molecule has 69 heavy (non-hydrogen) atoms. The fourth-order valence-electron chi connectivity index (χ4n) is 11.9. The summed E-state index contributed by atoms with van der Waals surface area (Å²) in [6.07, 6.45) is 0. The van der Waals surface area contributed by atoms with E-state index in [0.29, 0.717) is 0 Å². The van der Waals surface area contributed by atoms with E-state index in [-0.39, 0.29) is 0 Å². The molecule has 14 rings (SSSR count). The SMILES string of the molecule is c1ccc(-c2ccc(-c3ccccc3N(c3ccc(-c4ccccc4)cc3)c3ccccc3-c3ccc4c(c3)C3(c5ccccc5-4)c4ccccc4-n4c5ccccc5c5cccc3c54)cc2)cc1. The maximum Gasteiger partial charge on any atom is 0.0754 e. The van der Waals surface area contributed by atoms with Gasteiger partial charge in [0.2, 0.25) is 0 Å². The van der Waals surface area contributed by atoms with Crippen molar-refractivity contribution in [3.05, 3.63) is 289 Å². The zero-order valence-electron chi connectivity index (χ0n) is 37.8. The molecule has 2 heterocycles. The van der Waals surface area contributed by atoms with Gasteiger partial charge in [0.25, 0.3) is 0 Å². The van der Waals surface area contributed by atoms with Gasteiger partial charge in [-0.2, -0.15) is 0 Å². The molecule has 1 spiro atoms. The number of para-hydroxylation sites is 5. The van der Waals surface area contributed by atoms with Crippen LogP contribution in [0.25, 0.3) is 83.1 Å². The van der Waals surface area contributed by atoms with Crippen LogP contribution >= 0.6 is 0 Å². The topological polar surface area (TPSA) is 8.17 Å². The second-order valence-electron chi connectivity index (χ2n) is 18.4. The van der Waals surface area contributed by atoms with Crippen molar-refractivity contribution in [1.82, 2.24) is 4.57 Å². The van der Waals surface area contributed by atoms with Crippen molar-refractivity contribution in [3.63, 3.8) is 0 Å². The first-order chi connectivity index (χ1) is 34.3. The molecule has 0 bridgehead atoms. The lowest BCUT2D eigenvalue weighted by atomic mass is 9.65. The lowest BCUT2D eigenvalue weighted by Gasteiger charge is -2.39. The molecule has 12 aromatic rings. The molecule has 2 heteroatoms. The molecule has 322 valence electrons. The minimum Gasteiger partial charge on any atom is -0.309 e. The summed E-state index contributed by atoms with van der Waals surface area (Å²) < 4.78 is 2.52. The monoisotopic (exact) mass is 876 g/mol. The Morgan fingerprint density at radius 3 is 1.48 bits per heavy atom. The van der Waals surface area contributed by atoms with Crippen LogP contribution in [0.2, 0.25) is 0 Å². The van der Waals surface area contributed by atoms with Crippen LogP contribution in [0.1, 0.15) is 22.3 Å². The largest absolute Gasteiger partial charge is 0.309 e. The molecule has 1 atom stereocenters. The molecule has 0 amide bonds. The quantitative estimate of drug-likeness (QED) is 0.155. The van der Waals surface area contributed by atoms with Crippen molar-refractivity contribution < 1.29 is 0 Å². The standard InChI is InChI=1S/C67H44N2/c1-3-18-45(19-4-1)47-34-36-49(37-35-47)52-22-8-13-30-62(52)68(51-41-38-48(39-42-51)46-20-5-2-6-21-46)63-31-14-9-23-53(63)50-40-43-55-54-24-7-11-27-58(54)67(61(55)44-50)59-28-12-16-33-65(59)69-64-32-15-10-25-56(64)57-26-17-29-60(67)66(57)69/h1-44H. The minimum absolute atomic E-state index is 0.553. The first-order valence-corrected chi connectivity index (χ1v) is 23.9. The highest BCUT2D eigenvalue weighted by Gasteiger charge is 2.51. The molecule has 0 saturated carbocycles. The number of benzene rings is 11. The van der Waals surface area contributed by atoms with E-state index in [1.165, 1.54) is 88.7 Å². The average Bonchev–Trinajstić information content (AvgIpc) is 3.92. The maximum absolute atomic E-state index is 2.52. The maximum atomic E-state index is 2.52. The van der Waals surface area contributed by atoms with E-state index in [2.05, 4.69) is 276 Å². The lowest BCUT2D eigenvalue weighted by Crippen LogP contribution is -2.33. The second kappa shape index (κ2) is 15.6. The number of rotatable bonds is 7. The minimum atomic E-state index is -0.553. The van der Waals surface area contributed by atoms with Crippen molar-refractivity contribution in [2.45, 2.75) is 5.41 Å². The van der Waals surface area contributed by atoms with Crippen LogP contribution < -0.4 is 4.90 Å². The first-order valence-electron chi connectivity index (χ1n) is 23.9. The number of anilines is 3. The lowest BCUT2D eigenvalue weighted by molar-refractivity contribution is 0.749. The summed E-state index contributed by atoms with van der Waals surface area (Å²) >= 11 is 0. The van der Waals surface area contributed by atoms with Crippen LogP contribution in [0, 0.1) is 0 Å². The fraction of sp³-hybridized carbons (Fsp3) is 0.0149. The van der Waals surface area contributed by atoms with Gasteiger partial charge in [-0.05, 0) is 109 Å². The Bertz CT molecular complexity index is 3940. The molecule has 1 aliphatic carbocycles. The van der Waals surface area contributed by atoms with E-state index < -0.39 is 5.41 Å². The van der Waals surface area contributed by atoms with Crippen LogP contribution in [0.3, 0.4) is 0 Å². The van der Waals surface area contributed by atoms with Gasteiger partial charge >= 0.3 is 0 Å². The molecule has 11 aromatic carbocycles. The van der Waals surface area contributed by atoms with E-state index in [4.69, 9.17) is 0 Å². The van der Waals surface area contributed by atoms with Gasteiger partial charge in [0.15, 0.2) is 0 Å². The highest BCUT2D eigenvalue weighted by Crippen LogP contribution is 2.61. The summed E-state index contributed by atoms with van der Waals surface area (Å²) in [6.45, 7) is 0. The number of hydrogen-bond acceptors (Lipinski definition) is 1. The number of hydrogen-bond donors (Lipinski definition) is 0. The molecule has 0 fully saturated rings. The molecule has 2 nitrogen and oxygen atoms in total. The summed E-state index contributed by atoms with van der Waals surface area (Å²) in [5, 5.41) is 2.56. The van der Waals surface area contributed by atoms with Gasteiger partial charge in [0.05, 0.1) is 33.5 Å². The average molecular weight is 877 g/mol. The molecule has 1 aliphatic heterocycles. The predicted octanol–water partition coefficient (Wildman–Crippen LogP) is 17.6. The zero-order chi connectivity index (χ0) is 45.5. The normalized spacial score (nSPS) is 14.1. The van der Waals surface area contributed by atoms with Crippen LogP contribution in [-0.2, 0) is 5.41 Å². The summed E-state index contributed by atoms with van der Waals surface area (Å²) in [7, 11) is 0. The fourth-order valence-corrected chi connectivity index (χ4v) is 11.9. The zero-order valence-corrected chi connectivity index (χ0v) is 37.8. The Hall–Kier alpha value is -8.98. The Morgan fingerprint density at radius 1 is 0.290 bits per heavy atom. The molecular weight excluding hydrogens is 833 g/mol. The van der Waals surface area contributed by atoms with E-state index in [9.17, 15) is 0 Å². The van der Waals surface area contributed by atoms with Crippen LogP contribution in [0.5, 0.6) is 0 Å². The summed E-state index contributed by atoms with van der Waals surface area (Å²) in [4.78, 5) is 2.47. The van der Waals surface area contributed by atoms with Gasteiger partial charge < -0.3 is 9.47 Å².